The van der Waals surface area contributed by atoms with E-state index in [1.807, 2.05) is 6.07 Å². The Morgan fingerprint density at radius 3 is 2.93 bits per heavy atom. The second-order valence-electron chi connectivity index (χ2n) is 2.91. The van der Waals surface area contributed by atoms with E-state index in [1.165, 1.54) is 6.92 Å². The van der Waals surface area contributed by atoms with E-state index >= 15 is 0 Å². The average Bonchev–Trinajstić information content (AvgIpc) is 2.24. The Bertz CT molecular complexity index is 346. The van der Waals surface area contributed by atoms with Crippen LogP contribution in [0.2, 0.25) is 0 Å². The Kier molecular flexibility index (Phi) is 4.34. The molecule has 4 heteroatoms. The molecular formula is C11H12O4. The van der Waals surface area contributed by atoms with Gasteiger partial charge in [-0.3, -0.25) is 9.59 Å². The maximum absolute atomic E-state index is 10.6. The minimum Gasteiger partial charge on any atom is -0.486 e. The Labute approximate surface area is 87.8 Å². The lowest BCUT2D eigenvalue weighted by Gasteiger charge is -2.05. The zero-order chi connectivity index (χ0) is 11.1. The van der Waals surface area contributed by atoms with Gasteiger partial charge in [-0.25, -0.2) is 0 Å². The SMILES string of the molecule is CC(=O)OCc1cccc(OCC=O)c1. The van der Waals surface area contributed by atoms with E-state index in [-0.39, 0.29) is 19.2 Å². The van der Waals surface area contributed by atoms with Gasteiger partial charge in [-0.2, -0.15) is 0 Å². The minimum atomic E-state index is -0.325. The molecule has 1 aromatic rings. The summed E-state index contributed by atoms with van der Waals surface area (Å²) < 4.78 is 9.92. The molecule has 0 N–H and O–H groups in total. The van der Waals surface area contributed by atoms with Gasteiger partial charge < -0.3 is 9.47 Å². The average molecular weight is 208 g/mol. The molecule has 0 unspecified atom stereocenters. The number of ether oxygens (including phenoxy) is 2. The van der Waals surface area contributed by atoms with Gasteiger partial charge in [0.05, 0.1) is 0 Å². The van der Waals surface area contributed by atoms with Crippen LogP contribution in [0.5, 0.6) is 5.75 Å². The minimum absolute atomic E-state index is 0.0248. The molecule has 80 valence electrons. The summed E-state index contributed by atoms with van der Waals surface area (Å²) >= 11 is 0. The number of rotatable bonds is 5. The zero-order valence-electron chi connectivity index (χ0n) is 8.43. The molecule has 1 aromatic carbocycles. The second-order valence-corrected chi connectivity index (χ2v) is 2.91. The van der Waals surface area contributed by atoms with Crippen molar-refractivity contribution in [1.29, 1.82) is 0 Å². The molecule has 0 amide bonds. The standard InChI is InChI=1S/C11H12O4/c1-9(13)15-8-10-3-2-4-11(7-10)14-6-5-12/h2-5,7H,6,8H2,1H3. The number of hydrogen-bond donors (Lipinski definition) is 0. The van der Waals surface area contributed by atoms with Crippen LogP contribution in [-0.2, 0) is 20.9 Å². The number of hydrogen-bond acceptors (Lipinski definition) is 4. The first-order chi connectivity index (χ1) is 7.22. The monoisotopic (exact) mass is 208 g/mol. The van der Waals surface area contributed by atoms with Gasteiger partial charge in [-0.1, -0.05) is 12.1 Å². The fraction of sp³-hybridized carbons (Fsp3) is 0.273. The van der Waals surface area contributed by atoms with Crippen molar-refractivity contribution in [2.75, 3.05) is 6.61 Å². The molecule has 0 aliphatic heterocycles. The summed E-state index contributed by atoms with van der Waals surface area (Å²) in [6.07, 6.45) is 0.679. The van der Waals surface area contributed by atoms with Crippen LogP contribution in [0.25, 0.3) is 0 Å². The van der Waals surface area contributed by atoms with Gasteiger partial charge in [0.15, 0.2) is 6.29 Å². The number of aldehydes is 1. The molecule has 0 aliphatic rings. The fourth-order valence-electron chi connectivity index (χ4n) is 1.04. The Morgan fingerprint density at radius 1 is 1.47 bits per heavy atom. The Balaban J connectivity index is 2.57. The lowest BCUT2D eigenvalue weighted by Crippen LogP contribution is -2.00. The Morgan fingerprint density at radius 2 is 2.27 bits per heavy atom. The summed E-state index contributed by atoms with van der Waals surface area (Å²) in [5.41, 5.74) is 0.827. The van der Waals surface area contributed by atoms with Gasteiger partial charge in [-0.05, 0) is 17.7 Å². The van der Waals surface area contributed by atoms with E-state index in [0.717, 1.165) is 5.56 Å². The maximum atomic E-state index is 10.6. The lowest BCUT2D eigenvalue weighted by molar-refractivity contribution is -0.142. The molecule has 0 atom stereocenters. The molecule has 0 radical (unpaired) electrons. The molecule has 0 heterocycles. The normalized spacial score (nSPS) is 9.40. The summed E-state index contributed by atoms with van der Waals surface area (Å²) in [5.74, 6) is 0.265. The first-order valence-corrected chi connectivity index (χ1v) is 4.51. The van der Waals surface area contributed by atoms with E-state index in [0.29, 0.717) is 12.0 Å². The summed E-state index contributed by atoms with van der Waals surface area (Å²) in [6, 6.07) is 7.06. The molecular weight excluding hydrogens is 196 g/mol. The molecule has 0 saturated heterocycles. The number of benzene rings is 1. The molecule has 0 aromatic heterocycles. The van der Waals surface area contributed by atoms with Crippen LogP contribution in [0.1, 0.15) is 12.5 Å². The van der Waals surface area contributed by atoms with Gasteiger partial charge in [0.25, 0.3) is 0 Å². The smallest absolute Gasteiger partial charge is 0.302 e. The van der Waals surface area contributed by atoms with Crippen molar-refractivity contribution in [2.24, 2.45) is 0 Å². The molecule has 0 spiro atoms. The van der Waals surface area contributed by atoms with Gasteiger partial charge in [0.1, 0.15) is 19.0 Å². The maximum Gasteiger partial charge on any atom is 0.302 e. The van der Waals surface area contributed by atoms with Gasteiger partial charge in [-0.15, -0.1) is 0 Å². The third-order valence-electron chi connectivity index (χ3n) is 1.66. The zero-order valence-corrected chi connectivity index (χ0v) is 8.43. The fourth-order valence-corrected chi connectivity index (χ4v) is 1.04. The van der Waals surface area contributed by atoms with Crippen molar-refractivity contribution >= 4 is 12.3 Å². The van der Waals surface area contributed by atoms with Crippen LogP contribution >= 0.6 is 0 Å². The third kappa shape index (κ3) is 4.26. The van der Waals surface area contributed by atoms with Crippen LogP contribution < -0.4 is 4.74 Å². The highest BCUT2D eigenvalue weighted by molar-refractivity contribution is 5.65. The summed E-state index contributed by atoms with van der Waals surface area (Å²) in [5, 5.41) is 0. The molecule has 0 bridgehead atoms. The van der Waals surface area contributed by atoms with Crippen LogP contribution in [-0.4, -0.2) is 18.9 Å². The third-order valence-corrected chi connectivity index (χ3v) is 1.66. The highest BCUT2D eigenvalue weighted by atomic mass is 16.5. The lowest BCUT2D eigenvalue weighted by atomic mass is 10.2. The summed E-state index contributed by atoms with van der Waals surface area (Å²) in [7, 11) is 0. The molecule has 0 aliphatic carbocycles. The largest absolute Gasteiger partial charge is 0.486 e. The predicted molar refractivity (Wildman–Crippen MR) is 53.5 cm³/mol. The number of esters is 1. The highest BCUT2D eigenvalue weighted by Crippen LogP contribution is 2.13. The van der Waals surface area contributed by atoms with E-state index in [9.17, 15) is 9.59 Å². The first kappa shape index (κ1) is 11.2. The van der Waals surface area contributed by atoms with Gasteiger partial charge in [0.2, 0.25) is 0 Å². The molecule has 15 heavy (non-hydrogen) atoms. The van der Waals surface area contributed by atoms with Crippen molar-refractivity contribution in [3.8, 4) is 5.75 Å². The summed E-state index contributed by atoms with van der Waals surface area (Å²) in [6.45, 7) is 1.59. The van der Waals surface area contributed by atoms with Crippen molar-refractivity contribution in [2.45, 2.75) is 13.5 Å². The van der Waals surface area contributed by atoms with E-state index in [2.05, 4.69) is 0 Å². The van der Waals surface area contributed by atoms with E-state index < -0.39 is 0 Å². The topological polar surface area (TPSA) is 52.6 Å². The van der Waals surface area contributed by atoms with Gasteiger partial charge >= 0.3 is 5.97 Å². The first-order valence-electron chi connectivity index (χ1n) is 4.51. The van der Waals surface area contributed by atoms with Crippen LogP contribution in [0.3, 0.4) is 0 Å². The number of carbonyl (C=O) groups excluding carboxylic acids is 2. The van der Waals surface area contributed by atoms with Crippen LogP contribution in [0.15, 0.2) is 24.3 Å². The van der Waals surface area contributed by atoms with Crippen LogP contribution in [0, 0.1) is 0 Å². The Hall–Kier alpha value is -1.84. The summed E-state index contributed by atoms with van der Waals surface area (Å²) in [4.78, 5) is 20.7. The molecule has 1 rings (SSSR count). The second kappa shape index (κ2) is 5.80. The van der Waals surface area contributed by atoms with E-state index in [4.69, 9.17) is 9.47 Å². The highest BCUT2D eigenvalue weighted by Gasteiger charge is 1.98. The molecule has 0 fully saturated rings. The van der Waals surface area contributed by atoms with Crippen molar-refractivity contribution in [3.63, 3.8) is 0 Å². The molecule has 4 nitrogen and oxygen atoms in total. The van der Waals surface area contributed by atoms with Crippen molar-refractivity contribution < 1.29 is 19.1 Å². The quantitative estimate of drug-likeness (QED) is 0.541. The predicted octanol–water partition coefficient (Wildman–Crippen LogP) is 1.33. The van der Waals surface area contributed by atoms with Crippen LogP contribution in [0.4, 0.5) is 0 Å². The number of carbonyl (C=O) groups is 2. The molecule has 0 saturated carbocycles. The van der Waals surface area contributed by atoms with Crippen molar-refractivity contribution in [1.82, 2.24) is 0 Å². The van der Waals surface area contributed by atoms with Crippen molar-refractivity contribution in [3.05, 3.63) is 29.8 Å². The van der Waals surface area contributed by atoms with E-state index in [1.54, 1.807) is 18.2 Å². The van der Waals surface area contributed by atoms with Gasteiger partial charge in [0, 0.05) is 6.92 Å².